The number of anilines is 2. The zero-order chi connectivity index (χ0) is 19.0. The number of amides is 1. The van der Waals surface area contributed by atoms with Gasteiger partial charge in [-0.05, 0) is 44.5 Å². The molecule has 142 valence electrons. The number of aromatic nitrogens is 2. The number of hydrogen-bond acceptors (Lipinski definition) is 6. The Morgan fingerprint density at radius 1 is 1.26 bits per heavy atom. The fourth-order valence-electron chi connectivity index (χ4n) is 3.36. The number of ether oxygens (including phenoxy) is 2. The van der Waals surface area contributed by atoms with Crippen molar-refractivity contribution < 1.29 is 14.3 Å². The van der Waals surface area contributed by atoms with Gasteiger partial charge in [0.25, 0.3) is 0 Å². The van der Waals surface area contributed by atoms with Crippen LogP contribution in [0.5, 0.6) is 5.88 Å². The molecule has 2 aromatic rings. The van der Waals surface area contributed by atoms with Crippen LogP contribution in [0.3, 0.4) is 0 Å². The summed E-state index contributed by atoms with van der Waals surface area (Å²) in [5, 5.41) is 0. The summed E-state index contributed by atoms with van der Waals surface area (Å²) in [4.78, 5) is 25.3. The van der Waals surface area contributed by atoms with Gasteiger partial charge in [-0.3, -0.25) is 4.98 Å². The van der Waals surface area contributed by atoms with Crippen molar-refractivity contribution in [1.82, 2.24) is 14.9 Å². The van der Waals surface area contributed by atoms with Crippen molar-refractivity contribution in [3.63, 3.8) is 0 Å². The second kappa shape index (κ2) is 6.72. The third-order valence-electron chi connectivity index (χ3n) is 4.58. The summed E-state index contributed by atoms with van der Waals surface area (Å²) in [7, 11) is 0. The lowest BCUT2D eigenvalue weighted by Crippen LogP contribution is -2.40. The molecule has 4 rings (SSSR count). The first-order valence-electron chi connectivity index (χ1n) is 9.22. The molecule has 7 heteroatoms. The topological polar surface area (TPSA) is 67.8 Å². The fourth-order valence-corrected chi connectivity index (χ4v) is 3.36. The maximum Gasteiger partial charge on any atom is 0.410 e. The Bertz CT molecular complexity index is 863. The Morgan fingerprint density at radius 3 is 2.93 bits per heavy atom. The van der Waals surface area contributed by atoms with E-state index in [0.29, 0.717) is 25.6 Å². The van der Waals surface area contributed by atoms with Gasteiger partial charge >= 0.3 is 6.09 Å². The van der Waals surface area contributed by atoms with Crippen LogP contribution in [-0.2, 0) is 17.7 Å². The molecule has 0 bridgehead atoms. The van der Waals surface area contributed by atoms with E-state index >= 15 is 0 Å². The van der Waals surface area contributed by atoms with Gasteiger partial charge in [0.15, 0.2) is 0 Å². The standard InChI is InChI=1S/C20H24N4O3/c1-20(2,3)27-19(25)23-8-6-16-14(13-23)11-15(12-22-16)24-9-10-26-18-17(24)5-4-7-21-18/h4-5,7,11-12H,6,8-10,13H2,1-3H3. The zero-order valence-corrected chi connectivity index (χ0v) is 15.9. The Hall–Kier alpha value is -2.83. The first-order chi connectivity index (χ1) is 12.9. The molecule has 0 aromatic carbocycles. The molecule has 27 heavy (non-hydrogen) atoms. The maximum absolute atomic E-state index is 12.4. The fraction of sp³-hybridized carbons (Fsp3) is 0.450. The van der Waals surface area contributed by atoms with Crippen LogP contribution in [0.1, 0.15) is 32.0 Å². The van der Waals surface area contributed by atoms with Crippen molar-refractivity contribution in [1.29, 1.82) is 0 Å². The highest BCUT2D eigenvalue weighted by atomic mass is 16.6. The first kappa shape index (κ1) is 17.6. The molecule has 0 saturated heterocycles. The minimum absolute atomic E-state index is 0.278. The number of carbonyl (C=O) groups is 1. The number of pyridine rings is 2. The van der Waals surface area contributed by atoms with Crippen LogP contribution in [0, 0.1) is 0 Å². The minimum Gasteiger partial charge on any atom is -0.474 e. The van der Waals surface area contributed by atoms with Gasteiger partial charge in [-0.2, -0.15) is 0 Å². The van der Waals surface area contributed by atoms with Gasteiger partial charge in [0, 0.05) is 24.9 Å². The molecule has 7 nitrogen and oxygen atoms in total. The van der Waals surface area contributed by atoms with Crippen molar-refractivity contribution in [2.45, 2.75) is 39.3 Å². The highest BCUT2D eigenvalue weighted by molar-refractivity contribution is 5.70. The van der Waals surface area contributed by atoms with Crippen LogP contribution in [0.25, 0.3) is 0 Å². The van der Waals surface area contributed by atoms with Crippen LogP contribution < -0.4 is 9.64 Å². The van der Waals surface area contributed by atoms with Crippen LogP contribution in [0.15, 0.2) is 30.6 Å². The lowest BCUT2D eigenvalue weighted by Gasteiger charge is -2.33. The van der Waals surface area contributed by atoms with E-state index < -0.39 is 5.60 Å². The van der Waals surface area contributed by atoms with Crippen LogP contribution in [0.4, 0.5) is 16.2 Å². The summed E-state index contributed by atoms with van der Waals surface area (Å²) in [6.45, 7) is 8.08. The lowest BCUT2D eigenvalue weighted by atomic mass is 10.1. The van der Waals surface area contributed by atoms with Gasteiger partial charge in [0.05, 0.1) is 25.0 Å². The molecule has 0 fully saturated rings. The quantitative estimate of drug-likeness (QED) is 0.769. The van der Waals surface area contributed by atoms with Gasteiger partial charge in [0.2, 0.25) is 5.88 Å². The molecule has 0 aliphatic carbocycles. The van der Waals surface area contributed by atoms with Crippen molar-refractivity contribution in [2.24, 2.45) is 0 Å². The molecule has 2 aliphatic heterocycles. The number of hydrogen-bond donors (Lipinski definition) is 0. The van der Waals surface area contributed by atoms with Gasteiger partial charge in [-0.15, -0.1) is 0 Å². The van der Waals surface area contributed by atoms with Crippen molar-refractivity contribution >= 4 is 17.5 Å². The third-order valence-corrected chi connectivity index (χ3v) is 4.58. The molecule has 0 saturated carbocycles. The molecular weight excluding hydrogens is 344 g/mol. The highest BCUT2D eigenvalue weighted by Gasteiger charge is 2.27. The van der Waals surface area contributed by atoms with Gasteiger partial charge < -0.3 is 19.3 Å². The summed E-state index contributed by atoms with van der Waals surface area (Å²) >= 11 is 0. The molecule has 1 amide bonds. The number of nitrogens with zero attached hydrogens (tertiary/aromatic N) is 4. The first-order valence-corrected chi connectivity index (χ1v) is 9.22. The van der Waals surface area contributed by atoms with E-state index in [4.69, 9.17) is 9.47 Å². The molecule has 2 aliphatic rings. The minimum atomic E-state index is -0.498. The second-order valence-corrected chi connectivity index (χ2v) is 7.78. The molecule has 0 spiro atoms. The smallest absolute Gasteiger partial charge is 0.410 e. The summed E-state index contributed by atoms with van der Waals surface area (Å²) < 4.78 is 11.2. The largest absolute Gasteiger partial charge is 0.474 e. The second-order valence-electron chi connectivity index (χ2n) is 7.78. The van der Waals surface area contributed by atoms with Crippen molar-refractivity contribution in [2.75, 3.05) is 24.6 Å². The van der Waals surface area contributed by atoms with E-state index in [9.17, 15) is 4.79 Å². The Kier molecular flexibility index (Phi) is 4.37. The van der Waals surface area contributed by atoms with E-state index in [1.165, 1.54) is 0 Å². The highest BCUT2D eigenvalue weighted by Crippen LogP contribution is 2.35. The number of fused-ring (bicyclic) bond motifs is 2. The van der Waals surface area contributed by atoms with Gasteiger partial charge in [0.1, 0.15) is 17.9 Å². The van der Waals surface area contributed by atoms with Crippen molar-refractivity contribution in [3.05, 3.63) is 41.9 Å². The summed E-state index contributed by atoms with van der Waals surface area (Å²) in [6.07, 6.45) is 4.08. The number of carbonyl (C=O) groups excluding carboxylic acids is 1. The van der Waals surface area contributed by atoms with E-state index in [1.807, 2.05) is 39.1 Å². The predicted molar refractivity (Wildman–Crippen MR) is 101 cm³/mol. The van der Waals surface area contributed by atoms with Gasteiger partial charge in [-0.25, -0.2) is 9.78 Å². The SMILES string of the molecule is CC(C)(C)OC(=O)N1CCc2ncc(N3CCOc4ncccc43)cc2C1. The average molecular weight is 368 g/mol. The Labute approximate surface area is 158 Å². The third kappa shape index (κ3) is 3.67. The van der Waals surface area contributed by atoms with Crippen LogP contribution >= 0.6 is 0 Å². The molecule has 0 radical (unpaired) electrons. The van der Waals surface area contributed by atoms with E-state index in [-0.39, 0.29) is 6.09 Å². The van der Waals surface area contributed by atoms with E-state index in [1.54, 1.807) is 11.1 Å². The molecular formula is C20H24N4O3. The van der Waals surface area contributed by atoms with E-state index in [0.717, 1.165) is 35.6 Å². The number of rotatable bonds is 1. The lowest BCUT2D eigenvalue weighted by molar-refractivity contribution is 0.0223. The maximum atomic E-state index is 12.4. The van der Waals surface area contributed by atoms with Gasteiger partial charge in [-0.1, -0.05) is 0 Å². The molecule has 0 atom stereocenters. The molecule has 2 aromatic heterocycles. The Balaban J connectivity index is 1.58. The zero-order valence-electron chi connectivity index (χ0n) is 15.9. The summed E-state index contributed by atoms with van der Waals surface area (Å²) in [6, 6.07) is 6.01. The predicted octanol–water partition coefficient (Wildman–Crippen LogP) is 3.30. The van der Waals surface area contributed by atoms with E-state index in [2.05, 4.69) is 20.9 Å². The molecule has 0 N–H and O–H groups in total. The van der Waals surface area contributed by atoms with Crippen LogP contribution in [0.2, 0.25) is 0 Å². The normalized spacial score (nSPS) is 16.3. The summed E-state index contributed by atoms with van der Waals surface area (Å²) in [5.74, 6) is 0.636. The Morgan fingerprint density at radius 2 is 2.11 bits per heavy atom. The molecule has 4 heterocycles. The van der Waals surface area contributed by atoms with Crippen LogP contribution in [-0.4, -0.2) is 46.3 Å². The molecule has 0 unspecified atom stereocenters. The summed E-state index contributed by atoms with van der Waals surface area (Å²) in [5.41, 5.74) is 3.52. The van der Waals surface area contributed by atoms with Crippen molar-refractivity contribution in [3.8, 4) is 5.88 Å². The average Bonchev–Trinajstić information content (AvgIpc) is 2.65. The monoisotopic (exact) mass is 368 g/mol.